The van der Waals surface area contributed by atoms with Crippen LogP contribution in [0.2, 0.25) is 0 Å². The van der Waals surface area contributed by atoms with E-state index in [1.165, 1.54) is 0 Å². The molecule has 0 saturated heterocycles. The molecule has 10 heteroatoms. The molecular weight excluding hydrogens is 267 g/mol. The molecule has 0 aliphatic rings. The summed E-state index contributed by atoms with van der Waals surface area (Å²) in [6.45, 7) is 1.04. The van der Waals surface area contributed by atoms with Gasteiger partial charge in [-0.1, -0.05) is 0 Å². The number of halogens is 5. The lowest BCUT2D eigenvalue weighted by atomic mass is 10.2. The Morgan fingerprint density at radius 2 is 2.00 bits per heavy atom. The van der Waals surface area contributed by atoms with Gasteiger partial charge in [0.1, 0.15) is 0 Å². The van der Waals surface area contributed by atoms with Crippen LogP contribution in [0.3, 0.4) is 0 Å². The summed E-state index contributed by atoms with van der Waals surface area (Å²) in [6, 6.07) is 0.500. The van der Waals surface area contributed by atoms with E-state index < -0.39 is 35.0 Å². The van der Waals surface area contributed by atoms with Crippen molar-refractivity contribution in [3.05, 3.63) is 27.4 Å². The number of nitrogens with zero attached hydrogens (tertiary/aromatic N) is 2. The van der Waals surface area contributed by atoms with Gasteiger partial charge in [-0.3, -0.25) is 0 Å². The monoisotopic (exact) mass is 272 g/mol. The third-order valence-corrected chi connectivity index (χ3v) is 1.80. The summed E-state index contributed by atoms with van der Waals surface area (Å²) in [5.74, 6) is -2.64. The van der Waals surface area contributed by atoms with Gasteiger partial charge < -0.3 is 14.9 Å². The predicted molar refractivity (Wildman–Crippen MR) is 47.3 cm³/mol. The molecule has 1 aromatic heterocycles. The van der Waals surface area contributed by atoms with Crippen molar-refractivity contribution < 1.29 is 31.6 Å². The topological polar surface area (TPSA) is 65.3 Å². The zero-order chi connectivity index (χ0) is 14.1. The molecule has 0 aliphatic heterocycles. The molecule has 0 radical (unpaired) electrons. The van der Waals surface area contributed by atoms with Crippen molar-refractivity contribution >= 4 is 5.82 Å². The SMILES string of the molecule is Cc1cc(OC(F)(F)F)c([N+](=O)[O-])nc1C(F)F. The largest absolute Gasteiger partial charge is 0.573 e. The normalized spacial score (nSPS) is 11.7. The minimum absolute atomic E-state index is 0.338. The number of nitro groups is 1. The quantitative estimate of drug-likeness (QED) is 0.481. The summed E-state index contributed by atoms with van der Waals surface area (Å²) >= 11 is 0. The van der Waals surface area contributed by atoms with Gasteiger partial charge in [-0.2, -0.15) is 0 Å². The zero-order valence-electron chi connectivity index (χ0n) is 8.66. The van der Waals surface area contributed by atoms with E-state index >= 15 is 0 Å². The maximum Gasteiger partial charge on any atom is 0.573 e. The lowest BCUT2D eigenvalue weighted by molar-refractivity contribution is -0.393. The third-order valence-electron chi connectivity index (χ3n) is 1.80. The first-order chi connectivity index (χ1) is 8.11. The number of hydrogen-bond acceptors (Lipinski definition) is 4. The van der Waals surface area contributed by atoms with E-state index in [-0.39, 0.29) is 5.56 Å². The molecule has 0 amide bonds. The van der Waals surface area contributed by atoms with Gasteiger partial charge in [-0.15, -0.1) is 13.2 Å². The summed E-state index contributed by atoms with van der Waals surface area (Å²) in [5.41, 5.74) is -1.30. The molecule has 0 aliphatic carbocycles. The van der Waals surface area contributed by atoms with Crippen molar-refractivity contribution in [1.29, 1.82) is 0 Å². The van der Waals surface area contributed by atoms with Crippen molar-refractivity contribution in [1.82, 2.24) is 4.98 Å². The Labute approximate surface area is 96.3 Å². The average molecular weight is 272 g/mol. The van der Waals surface area contributed by atoms with Gasteiger partial charge in [-0.05, 0) is 22.9 Å². The van der Waals surface area contributed by atoms with Crippen molar-refractivity contribution in [2.45, 2.75) is 19.7 Å². The van der Waals surface area contributed by atoms with E-state index in [1.807, 2.05) is 0 Å². The Kier molecular flexibility index (Phi) is 3.67. The Bertz CT molecular complexity index is 475. The standard InChI is InChI=1S/C8H5F5N2O3/c1-3-2-4(18-8(11,12)13)7(15(16)17)14-5(3)6(9)10/h2,6H,1H3. The number of pyridine rings is 1. The molecule has 0 spiro atoms. The van der Waals surface area contributed by atoms with E-state index in [4.69, 9.17) is 0 Å². The van der Waals surface area contributed by atoms with E-state index in [1.54, 1.807) is 0 Å². The van der Waals surface area contributed by atoms with Crippen LogP contribution in [0.15, 0.2) is 6.07 Å². The maximum atomic E-state index is 12.4. The molecule has 0 unspecified atom stereocenters. The number of hydrogen-bond donors (Lipinski definition) is 0. The Balaban J connectivity index is 3.34. The van der Waals surface area contributed by atoms with Gasteiger partial charge in [0.05, 0.1) is 0 Å². The minimum atomic E-state index is -5.18. The minimum Gasteiger partial charge on any atom is -0.397 e. The number of ether oxygens (including phenoxy) is 1. The lowest BCUT2D eigenvalue weighted by Crippen LogP contribution is -2.18. The van der Waals surface area contributed by atoms with E-state index in [0.29, 0.717) is 6.07 Å². The van der Waals surface area contributed by atoms with Crippen LogP contribution in [0.25, 0.3) is 0 Å². The molecule has 1 rings (SSSR count). The summed E-state index contributed by atoms with van der Waals surface area (Å²) in [6.07, 6.45) is -8.31. The number of alkyl halides is 5. The van der Waals surface area contributed by atoms with Crippen LogP contribution < -0.4 is 4.74 Å². The predicted octanol–water partition coefficient (Wildman–Crippen LogP) is 3.13. The number of aromatic nitrogens is 1. The Morgan fingerprint density at radius 3 is 2.39 bits per heavy atom. The molecule has 0 N–H and O–H groups in total. The molecule has 0 aromatic carbocycles. The smallest absolute Gasteiger partial charge is 0.397 e. The molecule has 5 nitrogen and oxygen atoms in total. The van der Waals surface area contributed by atoms with Crippen LogP contribution in [0.1, 0.15) is 17.7 Å². The van der Waals surface area contributed by atoms with Crippen LogP contribution in [-0.4, -0.2) is 16.3 Å². The summed E-state index contributed by atoms with van der Waals surface area (Å²) < 4.78 is 64.0. The highest BCUT2D eigenvalue weighted by Gasteiger charge is 2.36. The lowest BCUT2D eigenvalue weighted by Gasteiger charge is -2.10. The van der Waals surface area contributed by atoms with E-state index in [2.05, 4.69) is 9.72 Å². The molecule has 18 heavy (non-hydrogen) atoms. The second-order valence-corrected chi connectivity index (χ2v) is 3.12. The molecule has 1 heterocycles. The van der Waals surface area contributed by atoms with E-state index in [9.17, 15) is 32.1 Å². The van der Waals surface area contributed by atoms with Crippen LogP contribution in [0.5, 0.6) is 5.75 Å². The van der Waals surface area contributed by atoms with E-state index in [0.717, 1.165) is 6.92 Å². The molecule has 100 valence electrons. The van der Waals surface area contributed by atoms with Gasteiger partial charge in [-0.25, -0.2) is 8.78 Å². The molecule has 0 atom stereocenters. The average Bonchev–Trinajstić information content (AvgIpc) is 2.13. The molecular formula is C8H5F5N2O3. The molecule has 0 fully saturated rings. The van der Waals surface area contributed by atoms with Crippen molar-refractivity contribution in [2.75, 3.05) is 0 Å². The van der Waals surface area contributed by atoms with Gasteiger partial charge in [0.15, 0.2) is 0 Å². The van der Waals surface area contributed by atoms with Gasteiger partial charge in [0.25, 0.3) is 0 Å². The molecule has 1 aromatic rings. The van der Waals surface area contributed by atoms with Crippen molar-refractivity contribution in [3.8, 4) is 5.75 Å². The maximum absolute atomic E-state index is 12.4. The Hall–Kier alpha value is -2.00. The highest BCUT2D eigenvalue weighted by molar-refractivity contribution is 5.44. The third kappa shape index (κ3) is 3.25. The fraction of sp³-hybridized carbons (Fsp3) is 0.375. The van der Waals surface area contributed by atoms with Gasteiger partial charge >= 0.3 is 18.6 Å². The molecule has 0 bridgehead atoms. The second kappa shape index (κ2) is 4.70. The Morgan fingerprint density at radius 1 is 1.44 bits per heavy atom. The zero-order valence-corrected chi connectivity index (χ0v) is 8.66. The van der Waals surface area contributed by atoms with Crippen LogP contribution in [0.4, 0.5) is 27.8 Å². The highest BCUT2D eigenvalue weighted by Crippen LogP contribution is 2.34. The number of rotatable bonds is 3. The first-order valence-corrected chi connectivity index (χ1v) is 4.31. The van der Waals surface area contributed by atoms with Crippen molar-refractivity contribution in [2.24, 2.45) is 0 Å². The summed E-state index contributed by atoms with van der Waals surface area (Å²) in [4.78, 5) is 12.0. The second-order valence-electron chi connectivity index (χ2n) is 3.12. The fourth-order valence-electron chi connectivity index (χ4n) is 1.14. The number of aryl methyl sites for hydroxylation is 1. The first kappa shape index (κ1) is 14.1. The summed E-state index contributed by atoms with van der Waals surface area (Å²) in [7, 11) is 0. The summed E-state index contributed by atoms with van der Waals surface area (Å²) in [5, 5.41) is 10.4. The molecule has 0 saturated carbocycles. The van der Waals surface area contributed by atoms with Crippen LogP contribution >= 0.6 is 0 Å². The first-order valence-electron chi connectivity index (χ1n) is 4.31. The highest BCUT2D eigenvalue weighted by atomic mass is 19.4. The van der Waals surface area contributed by atoms with Gasteiger partial charge in [0.2, 0.25) is 11.4 Å². The van der Waals surface area contributed by atoms with Crippen molar-refractivity contribution in [3.63, 3.8) is 0 Å². The van der Waals surface area contributed by atoms with Crippen LogP contribution in [0, 0.1) is 17.0 Å². The van der Waals surface area contributed by atoms with Gasteiger partial charge in [0, 0.05) is 5.56 Å². The fourth-order valence-corrected chi connectivity index (χ4v) is 1.14. The van der Waals surface area contributed by atoms with Crippen LogP contribution in [-0.2, 0) is 0 Å².